The highest BCUT2D eigenvalue weighted by Gasteiger charge is 2.25. The van der Waals surface area contributed by atoms with Crippen LogP contribution < -0.4 is 10.6 Å². The van der Waals surface area contributed by atoms with Crippen LogP contribution in [-0.4, -0.2) is 36.3 Å². The van der Waals surface area contributed by atoms with E-state index in [1.807, 2.05) is 37.3 Å². The van der Waals surface area contributed by atoms with Gasteiger partial charge in [-0.2, -0.15) is 0 Å². The van der Waals surface area contributed by atoms with Crippen molar-refractivity contribution in [2.75, 3.05) is 19.6 Å². The number of halogens is 1. The van der Waals surface area contributed by atoms with E-state index in [1.54, 1.807) is 12.1 Å². The van der Waals surface area contributed by atoms with E-state index in [0.29, 0.717) is 19.5 Å². The molecule has 1 atom stereocenters. The van der Waals surface area contributed by atoms with E-state index in [0.717, 1.165) is 37.1 Å². The van der Waals surface area contributed by atoms with Gasteiger partial charge in [-0.25, -0.2) is 4.39 Å². The van der Waals surface area contributed by atoms with Crippen molar-refractivity contribution in [3.8, 4) is 0 Å². The lowest BCUT2D eigenvalue weighted by Gasteiger charge is -2.31. The molecule has 1 aliphatic heterocycles. The molecule has 0 aliphatic carbocycles. The summed E-state index contributed by atoms with van der Waals surface area (Å²) in [5.74, 6) is -0.187. The number of nitrogens with one attached hydrogen (secondary N) is 2. The number of carbonyl (C=O) groups excluding carboxylic acids is 2. The highest BCUT2D eigenvalue weighted by molar-refractivity contribution is 5.78. The van der Waals surface area contributed by atoms with E-state index >= 15 is 0 Å². The Balaban J connectivity index is 1.33. The highest BCUT2D eigenvalue weighted by Crippen LogP contribution is 2.18. The van der Waals surface area contributed by atoms with Crippen molar-refractivity contribution < 1.29 is 14.0 Å². The number of likely N-dealkylation sites (tertiary alicyclic amines) is 1. The molecule has 1 saturated heterocycles. The molecule has 2 aromatic rings. The van der Waals surface area contributed by atoms with Crippen molar-refractivity contribution in [3.63, 3.8) is 0 Å². The van der Waals surface area contributed by atoms with Gasteiger partial charge in [-0.3, -0.25) is 9.59 Å². The molecule has 1 fully saturated rings. The summed E-state index contributed by atoms with van der Waals surface area (Å²) in [6.45, 7) is 4.74. The molecule has 0 radical (unpaired) electrons. The second-order valence-corrected chi connectivity index (χ2v) is 7.91. The van der Waals surface area contributed by atoms with E-state index in [-0.39, 0.29) is 29.6 Å². The second kappa shape index (κ2) is 10.9. The maximum atomic E-state index is 12.9. The summed E-state index contributed by atoms with van der Waals surface area (Å²) in [5, 5.41) is 5.99. The normalized spacial score (nSPS) is 16.1. The van der Waals surface area contributed by atoms with Gasteiger partial charge >= 0.3 is 0 Å². The van der Waals surface area contributed by atoms with Gasteiger partial charge in [0.1, 0.15) is 5.82 Å². The topological polar surface area (TPSA) is 61.4 Å². The zero-order valence-corrected chi connectivity index (χ0v) is 17.4. The Morgan fingerprint density at radius 3 is 2.40 bits per heavy atom. The summed E-state index contributed by atoms with van der Waals surface area (Å²) in [5.41, 5.74) is 1.98. The molecule has 1 aliphatic rings. The number of piperidine rings is 1. The van der Waals surface area contributed by atoms with E-state index in [2.05, 4.69) is 15.5 Å². The summed E-state index contributed by atoms with van der Waals surface area (Å²) < 4.78 is 12.9. The highest BCUT2D eigenvalue weighted by atomic mass is 19.1. The maximum absolute atomic E-state index is 12.9. The maximum Gasteiger partial charge on any atom is 0.223 e. The van der Waals surface area contributed by atoms with Gasteiger partial charge in [0.05, 0.1) is 6.04 Å². The van der Waals surface area contributed by atoms with Gasteiger partial charge in [0.25, 0.3) is 0 Å². The van der Waals surface area contributed by atoms with Crippen LogP contribution in [0.4, 0.5) is 4.39 Å². The lowest BCUT2D eigenvalue weighted by atomic mass is 9.95. The zero-order chi connectivity index (χ0) is 21.3. The molecular weight excluding hydrogens is 381 g/mol. The van der Waals surface area contributed by atoms with E-state index in [1.165, 1.54) is 12.1 Å². The first-order valence-corrected chi connectivity index (χ1v) is 10.6. The standard InChI is InChI=1S/C24H30FN3O2/c1-18(20-5-3-2-4-6-20)27-23(29)13-16-28-14-11-21(12-15-28)24(30)26-17-19-7-9-22(25)10-8-19/h2-10,18,21H,11-17H2,1H3,(H,26,30)(H,27,29). The van der Waals surface area contributed by atoms with Gasteiger partial charge in [0, 0.05) is 25.4 Å². The van der Waals surface area contributed by atoms with Crippen LogP contribution in [0.15, 0.2) is 54.6 Å². The predicted molar refractivity (Wildman–Crippen MR) is 115 cm³/mol. The molecular formula is C24H30FN3O2. The minimum Gasteiger partial charge on any atom is -0.352 e. The summed E-state index contributed by atoms with van der Waals surface area (Å²) in [6.07, 6.45) is 2.03. The van der Waals surface area contributed by atoms with Crippen LogP contribution in [0, 0.1) is 11.7 Å². The molecule has 0 spiro atoms. The molecule has 30 heavy (non-hydrogen) atoms. The molecule has 2 amide bonds. The minimum atomic E-state index is -0.277. The molecule has 160 valence electrons. The molecule has 0 saturated carbocycles. The molecule has 3 rings (SSSR count). The molecule has 5 nitrogen and oxygen atoms in total. The quantitative estimate of drug-likeness (QED) is 0.700. The van der Waals surface area contributed by atoms with Gasteiger partial charge in [0.15, 0.2) is 0 Å². The van der Waals surface area contributed by atoms with Crippen molar-refractivity contribution >= 4 is 11.8 Å². The summed E-state index contributed by atoms with van der Waals surface area (Å²) >= 11 is 0. The number of benzene rings is 2. The van der Waals surface area contributed by atoms with Gasteiger partial charge in [-0.15, -0.1) is 0 Å². The fraction of sp³-hybridized carbons (Fsp3) is 0.417. The first kappa shape index (κ1) is 22.0. The van der Waals surface area contributed by atoms with Crippen molar-refractivity contribution in [2.24, 2.45) is 5.92 Å². The number of hydrogen-bond acceptors (Lipinski definition) is 3. The van der Waals surface area contributed by atoms with Crippen molar-refractivity contribution in [3.05, 3.63) is 71.5 Å². The third-order valence-electron chi connectivity index (χ3n) is 5.67. The third kappa shape index (κ3) is 6.66. The number of rotatable bonds is 8. The fourth-order valence-electron chi connectivity index (χ4n) is 3.75. The minimum absolute atomic E-state index is 0.00533. The lowest BCUT2D eigenvalue weighted by Crippen LogP contribution is -2.41. The number of hydrogen-bond donors (Lipinski definition) is 2. The Bertz CT molecular complexity index is 818. The van der Waals surface area contributed by atoms with Crippen molar-refractivity contribution in [1.29, 1.82) is 0 Å². The van der Waals surface area contributed by atoms with E-state index < -0.39 is 0 Å². The second-order valence-electron chi connectivity index (χ2n) is 7.91. The molecule has 0 aromatic heterocycles. The average Bonchev–Trinajstić information content (AvgIpc) is 2.78. The summed E-state index contributed by atoms with van der Waals surface area (Å²) in [4.78, 5) is 26.9. The predicted octanol–water partition coefficient (Wildman–Crippen LogP) is 3.42. The largest absolute Gasteiger partial charge is 0.352 e. The van der Waals surface area contributed by atoms with Crippen LogP contribution in [0.2, 0.25) is 0 Å². The van der Waals surface area contributed by atoms with Crippen LogP contribution in [0.3, 0.4) is 0 Å². The lowest BCUT2D eigenvalue weighted by molar-refractivity contribution is -0.127. The number of nitrogens with zero attached hydrogens (tertiary/aromatic N) is 1. The average molecular weight is 412 g/mol. The van der Waals surface area contributed by atoms with Crippen LogP contribution in [0.1, 0.15) is 43.4 Å². The van der Waals surface area contributed by atoms with Crippen LogP contribution in [0.25, 0.3) is 0 Å². The van der Waals surface area contributed by atoms with Crippen molar-refractivity contribution in [1.82, 2.24) is 15.5 Å². The SMILES string of the molecule is CC(NC(=O)CCN1CCC(C(=O)NCc2ccc(F)cc2)CC1)c1ccccc1. The van der Waals surface area contributed by atoms with Crippen LogP contribution in [-0.2, 0) is 16.1 Å². The van der Waals surface area contributed by atoms with Gasteiger partial charge < -0.3 is 15.5 Å². The van der Waals surface area contributed by atoms with Gasteiger partial charge in [-0.1, -0.05) is 42.5 Å². The smallest absolute Gasteiger partial charge is 0.223 e. The Morgan fingerprint density at radius 1 is 1.07 bits per heavy atom. The zero-order valence-electron chi connectivity index (χ0n) is 17.4. The Hall–Kier alpha value is -2.73. The van der Waals surface area contributed by atoms with E-state index in [9.17, 15) is 14.0 Å². The molecule has 0 bridgehead atoms. The van der Waals surface area contributed by atoms with Crippen molar-refractivity contribution in [2.45, 2.75) is 38.8 Å². The molecule has 2 N–H and O–H groups in total. The van der Waals surface area contributed by atoms with Crippen LogP contribution >= 0.6 is 0 Å². The Morgan fingerprint density at radius 2 is 1.73 bits per heavy atom. The third-order valence-corrected chi connectivity index (χ3v) is 5.67. The van der Waals surface area contributed by atoms with Gasteiger partial charge in [-0.05, 0) is 56.1 Å². The number of carbonyl (C=O) groups is 2. The first-order chi connectivity index (χ1) is 14.5. The van der Waals surface area contributed by atoms with Gasteiger partial charge in [0.2, 0.25) is 11.8 Å². The van der Waals surface area contributed by atoms with E-state index in [4.69, 9.17) is 0 Å². The summed E-state index contributed by atoms with van der Waals surface area (Å²) in [6, 6.07) is 16.1. The molecule has 1 heterocycles. The number of amides is 2. The molecule has 1 unspecified atom stereocenters. The van der Waals surface area contributed by atoms with Crippen LogP contribution in [0.5, 0.6) is 0 Å². The fourth-order valence-corrected chi connectivity index (χ4v) is 3.75. The molecule has 6 heteroatoms. The monoisotopic (exact) mass is 411 g/mol. The first-order valence-electron chi connectivity index (χ1n) is 10.6. The summed E-state index contributed by atoms with van der Waals surface area (Å²) in [7, 11) is 0. The molecule has 2 aromatic carbocycles. The Kier molecular flexibility index (Phi) is 7.97. The Labute approximate surface area is 177 Å².